The minimum Gasteiger partial charge on any atom is -0.481 e. The van der Waals surface area contributed by atoms with E-state index in [-0.39, 0.29) is 29.4 Å². The number of carbonyl (C=O) groups is 2. The van der Waals surface area contributed by atoms with Gasteiger partial charge < -0.3 is 9.53 Å². The number of carboxylic acid groups (broad SMARTS) is 1. The number of carbonyl (C=O) groups excluding carboxylic acids is 1. The van der Waals surface area contributed by atoms with E-state index in [2.05, 4.69) is 46.0 Å². The van der Waals surface area contributed by atoms with Crippen molar-refractivity contribution in [3.63, 3.8) is 0 Å². The Labute approximate surface area is 177 Å². The highest BCUT2D eigenvalue weighted by Gasteiger charge is 2.48. The molecule has 4 nitrogen and oxygen atoms in total. The van der Waals surface area contributed by atoms with Gasteiger partial charge in [-0.25, -0.2) is 0 Å². The van der Waals surface area contributed by atoms with E-state index in [4.69, 9.17) is 9.53 Å². The van der Waals surface area contributed by atoms with Crippen LogP contribution in [0.4, 0.5) is 0 Å². The van der Waals surface area contributed by atoms with Crippen molar-refractivity contribution in [2.45, 2.75) is 103 Å². The van der Waals surface area contributed by atoms with Gasteiger partial charge in [0.15, 0.2) is 8.32 Å². The molecule has 2 aliphatic carbocycles. The summed E-state index contributed by atoms with van der Waals surface area (Å²) in [6.07, 6.45) is 14.1. The topological polar surface area (TPSA) is 63.6 Å². The Morgan fingerprint density at radius 3 is 2.59 bits per heavy atom. The molecule has 1 saturated carbocycles. The highest BCUT2D eigenvalue weighted by molar-refractivity contribution is 6.74. The molecule has 0 saturated heterocycles. The van der Waals surface area contributed by atoms with Gasteiger partial charge in [-0.2, -0.15) is 0 Å². The van der Waals surface area contributed by atoms with E-state index in [0.717, 1.165) is 25.7 Å². The number of Topliss-reactive ketones (excluding diaryl/α,β-unsaturated/α-hetero) is 1. The summed E-state index contributed by atoms with van der Waals surface area (Å²) in [4.78, 5) is 23.6. The van der Waals surface area contributed by atoms with Crippen molar-refractivity contribution < 1.29 is 19.1 Å². The molecule has 2 aliphatic rings. The second-order valence-electron chi connectivity index (χ2n) is 10.2. The normalized spacial score (nSPS) is 26.2. The average molecular weight is 421 g/mol. The predicted molar refractivity (Wildman–Crippen MR) is 120 cm³/mol. The number of allylic oxidation sites excluding steroid dienone is 3. The molecule has 0 aliphatic heterocycles. The molecule has 0 amide bonds. The Bertz CT molecular complexity index is 642. The first-order chi connectivity index (χ1) is 13.5. The van der Waals surface area contributed by atoms with Gasteiger partial charge in [-0.3, -0.25) is 9.59 Å². The Kier molecular flexibility index (Phi) is 8.47. The summed E-state index contributed by atoms with van der Waals surface area (Å²) in [7, 11) is -1.95. The quantitative estimate of drug-likeness (QED) is 0.271. The minimum absolute atomic E-state index is 0.00448. The van der Waals surface area contributed by atoms with Crippen LogP contribution in [0.25, 0.3) is 0 Å². The average Bonchev–Trinajstić information content (AvgIpc) is 2.92. The van der Waals surface area contributed by atoms with Crippen molar-refractivity contribution >= 4 is 20.1 Å². The molecule has 0 aromatic rings. The van der Waals surface area contributed by atoms with Crippen LogP contribution in [0, 0.1) is 11.8 Å². The summed E-state index contributed by atoms with van der Waals surface area (Å²) in [6.45, 7) is 11.3. The van der Waals surface area contributed by atoms with Crippen molar-refractivity contribution in [2.24, 2.45) is 11.8 Å². The number of aliphatic carboxylic acids is 1. The Hall–Kier alpha value is -1.20. The Morgan fingerprint density at radius 2 is 2.00 bits per heavy atom. The molecule has 29 heavy (non-hydrogen) atoms. The standard InChI is InChI=1S/C24H40O4Si/c1-24(2,3)29(4,5)28-21-17-20(25)19(15-11-6-7-12-16-22(26)27)23(21)18-13-9-8-10-14-18/h6,11,13,19,21,23H,7-10,12,14-17H2,1-5H3,(H,26,27)/b11-6-/t19-,21+,23+/m0/s1. The zero-order chi connectivity index (χ0) is 21.7. The predicted octanol–water partition coefficient (Wildman–Crippen LogP) is 6.28. The van der Waals surface area contributed by atoms with Gasteiger partial charge in [0.25, 0.3) is 0 Å². The van der Waals surface area contributed by atoms with E-state index >= 15 is 0 Å². The fraction of sp³-hybridized carbons (Fsp3) is 0.750. The van der Waals surface area contributed by atoms with Crippen LogP contribution in [0.5, 0.6) is 0 Å². The Balaban J connectivity index is 2.12. The maximum absolute atomic E-state index is 13.0. The number of hydrogen-bond donors (Lipinski definition) is 1. The van der Waals surface area contributed by atoms with Crippen LogP contribution in [0.3, 0.4) is 0 Å². The van der Waals surface area contributed by atoms with Gasteiger partial charge in [-0.1, -0.05) is 44.6 Å². The first-order valence-electron chi connectivity index (χ1n) is 11.3. The lowest BCUT2D eigenvalue weighted by atomic mass is 9.80. The minimum atomic E-state index is -1.95. The second-order valence-corrected chi connectivity index (χ2v) is 15.0. The molecule has 5 heteroatoms. The SMILES string of the molecule is CC(C)(C)[Si](C)(C)O[C@@H]1CC(=O)[C@H](C/C=C\CCCC(=O)O)[C@H]1C1=CCCCC1. The Morgan fingerprint density at radius 1 is 1.28 bits per heavy atom. The number of rotatable bonds is 9. The van der Waals surface area contributed by atoms with Crippen LogP contribution in [-0.4, -0.2) is 31.3 Å². The maximum atomic E-state index is 13.0. The van der Waals surface area contributed by atoms with E-state index in [0.29, 0.717) is 18.6 Å². The molecule has 0 heterocycles. The van der Waals surface area contributed by atoms with E-state index < -0.39 is 14.3 Å². The third kappa shape index (κ3) is 6.64. The zero-order valence-corrected chi connectivity index (χ0v) is 20.0. The first kappa shape index (κ1) is 24.1. The molecule has 0 unspecified atom stereocenters. The van der Waals surface area contributed by atoms with Crippen molar-refractivity contribution in [2.75, 3.05) is 0 Å². The van der Waals surface area contributed by atoms with Crippen LogP contribution < -0.4 is 0 Å². The van der Waals surface area contributed by atoms with E-state index in [9.17, 15) is 9.59 Å². The van der Waals surface area contributed by atoms with Gasteiger partial charge >= 0.3 is 5.97 Å². The molecule has 0 spiro atoms. The van der Waals surface area contributed by atoms with Gasteiger partial charge in [0.2, 0.25) is 0 Å². The molecule has 3 atom stereocenters. The van der Waals surface area contributed by atoms with Gasteiger partial charge in [-0.05, 0) is 63.1 Å². The summed E-state index contributed by atoms with van der Waals surface area (Å²) >= 11 is 0. The lowest BCUT2D eigenvalue weighted by Crippen LogP contribution is -2.45. The van der Waals surface area contributed by atoms with Gasteiger partial charge in [0, 0.05) is 24.7 Å². The molecule has 164 valence electrons. The largest absolute Gasteiger partial charge is 0.481 e. The molecular weight excluding hydrogens is 380 g/mol. The van der Waals surface area contributed by atoms with Crippen LogP contribution in [0.2, 0.25) is 18.1 Å². The van der Waals surface area contributed by atoms with Gasteiger partial charge in [0.05, 0.1) is 6.10 Å². The molecule has 1 N–H and O–H groups in total. The van der Waals surface area contributed by atoms with E-state index in [1.54, 1.807) is 0 Å². The molecule has 0 bridgehead atoms. The number of unbranched alkanes of at least 4 members (excludes halogenated alkanes) is 1. The van der Waals surface area contributed by atoms with Gasteiger partial charge in [0.1, 0.15) is 5.78 Å². The van der Waals surface area contributed by atoms with E-state index in [1.807, 2.05) is 6.08 Å². The third-order valence-electron chi connectivity index (χ3n) is 6.97. The molecule has 0 aromatic carbocycles. The molecule has 0 aromatic heterocycles. The van der Waals surface area contributed by atoms with Gasteiger partial charge in [-0.15, -0.1) is 0 Å². The van der Waals surface area contributed by atoms with Crippen molar-refractivity contribution in [1.29, 1.82) is 0 Å². The third-order valence-corrected chi connectivity index (χ3v) is 11.5. The molecule has 1 fully saturated rings. The number of ketones is 1. The lowest BCUT2D eigenvalue weighted by molar-refractivity contribution is -0.137. The van der Waals surface area contributed by atoms with Crippen LogP contribution in [-0.2, 0) is 14.0 Å². The van der Waals surface area contributed by atoms with Crippen molar-refractivity contribution in [3.8, 4) is 0 Å². The van der Waals surface area contributed by atoms with E-state index in [1.165, 1.54) is 18.4 Å². The van der Waals surface area contributed by atoms with Crippen LogP contribution in [0.1, 0.15) is 78.6 Å². The molecule has 2 rings (SSSR count). The van der Waals surface area contributed by atoms with Crippen LogP contribution >= 0.6 is 0 Å². The summed E-state index contributed by atoms with van der Waals surface area (Å²) < 4.78 is 6.79. The fourth-order valence-electron chi connectivity index (χ4n) is 4.28. The second kappa shape index (κ2) is 10.2. The number of carboxylic acids is 1. The molecular formula is C24H40O4Si. The van der Waals surface area contributed by atoms with Crippen molar-refractivity contribution in [3.05, 3.63) is 23.8 Å². The summed E-state index contributed by atoms with van der Waals surface area (Å²) in [6, 6.07) is 0. The zero-order valence-electron chi connectivity index (χ0n) is 19.0. The number of hydrogen-bond acceptors (Lipinski definition) is 3. The monoisotopic (exact) mass is 420 g/mol. The summed E-state index contributed by atoms with van der Waals surface area (Å²) in [5.74, 6) is -0.204. The van der Waals surface area contributed by atoms with Crippen molar-refractivity contribution in [1.82, 2.24) is 0 Å². The molecule has 0 radical (unpaired) electrons. The summed E-state index contributed by atoms with van der Waals surface area (Å²) in [5.41, 5.74) is 1.44. The highest BCUT2D eigenvalue weighted by Crippen LogP contribution is 2.46. The maximum Gasteiger partial charge on any atom is 0.303 e. The smallest absolute Gasteiger partial charge is 0.303 e. The first-order valence-corrected chi connectivity index (χ1v) is 14.2. The van der Waals surface area contributed by atoms with Crippen LogP contribution in [0.15, 0.2) is 23.8 Å². The lowest BCUT2D eigenvalue weighted by Gasteiger charge is -2.40. The fourth-order valence-corrected chi connectivity index (χ4v) is 5.62. The highest BCUT2D eigenvalue weighted by atomic mass is 28.4. The summed E-state index contributed by atoms with van der Waals surface area (Å²) in [5, 5.41) is 8.88.